The Morgan fingerprint density at radius 2 is 1.80 bits per heavy atom. The highest BCUT2D eigenvalue weighted by atomic mass is 32.2. The highest BCUT2D eigenvalue weighted by Crippen LogP contribution is 2.20. The zero-order valence-corrected chi connectivity index (χ0v) is 13.8. The average molecular weight is 302 g/mol. The number of rotatable bonds is 8. The minimum Gasteiger partial charge on any atom is -0.316 e. The van der Waals surface area contributed by atoms with Gasteiger partial charge in [0.25, 0.3) is 10.0 Å². The monoisotopic (exact) mass is 302 g/mol. The van der Waals surface area contributed by atoms with E-state index in [2.05, 4.69) is 15.5 Å². The van der Waals surface area contributed by atoms with E-state index in [4.69, 9.17) is 0 Å². The maximum absolute atomic E-state index is 12.8. The van der Waals surface area contributed by atoms with E-state index in [1.54, 1.807) is 17.5 Å². The molecule has 0 aliphatic carbocycles. The van der Waals surface area contributed by atoms with Crippen molar-refractivity contribution in [1.82, 2.24) is 19.8 Å². The SMILES string of the molecule is CNCc1cn[nH]c1S(=O)(=O)N(CC(C)C)CC(C)C. The van der Waals surface area contributed by atoms with Gasteiger partial charge in [0.15, 0.2) is 5.03 Å². The quantitative estimate of drug-likeness (QED) is 0.761. The molecule has 0 saturated heterocycles. The average Bonchev–Trinajstić information content (AvgIpc) is 2.76. The van der Waals surface area contributed by atoms with E-state index in [9.17, 15) is 8.42 Å². The second-order valence-electron chi connectivity index (χ2n) is 5.86. The number of aromatic amines is 1. The molecular formula is C13H26N4O2S. The molecule has 0 saturated carbocycles. The van der Waals surface area contributed by atoms with Crippen LogP contribution < -0.4 is 5.32 Å². The third-order valence-electron chi connectivity index (χ3n) is 2.78. The van der Waals surface area contributed by atoms with E-state index >= 15 is 0 Å². The zero-order chi connectivity index (χ0) is 15.3. The summed E-state index contributed by atoms with van der Waals surface area (Å²) in [4.78, 5) is 0. The number of hydrogen-bond acceptors (Lipinski definition) is 4. The first-order chi connectivity index (χ1) is 9.28. The van der Waals surface area contributed by atoms with E-state index in [0.717, 1.165) is 0 Å². The van der Waals surface area contributed by atoms with Gasteiger partial charge in [-0.05, 0) is 18.9 Å². The van der Waals surface area contributed by atoms with Crippen molar-refractivity contribution in [2.45, 2.75) is 39.3 Å². The fraction of sp³-hybridized carbons (Fsp3) is 0.769. The van der Waals surface area contributed by atoms with Crippen LogP contribution in [-0.4, -0.2) is 43.1 Å². The maximum Gasteiger partial charge on any atom is 0.260 e. The molecule has 0 aliphatic rings. The Morgan fingerprint density at radius 3 is 2.25 bits per heavy atom. The van der Waals surface area contributed by atoms with Gasteiger partial charge in [-0.1, -0.05) is 27.7 Å². The Balaban J connectivity index is 3.11. The van der Waals surface area contributed by atoms with Crippen LogP contribution in [0.2, 0.25) is 0 Å². The number of nitrogens with one attached hydrogen (secondary N) is 2. The summed E-state index contributed by atoms with van der Waals surface area (Å²) in [6.07, 6.45) is 1.56. The van der Waals surface area contributed by atoms with Gasteiger partial charge in [0.2, 0.25) is 0 Å². The summed E-state index contributed by atoms with van der Waals surface area (Å²) < 4.78 is 27.1. The largest absolute Gasteiger partial charge is 0.316 e. The summed E-state index contributed by atoms with van der Waals surface area (Å²) in [6.45, 7) is 9.57. The molecule has 0 fully saturated rings. The first-order valence-electron chi connectivity index (χ1n) is 6.96. The first kappa shape index (κ1) is 17.1. The van der Waals surface area contributed by atoms with Gasteiger partial charge in [-0.15, -0.1) is 0 Å². The van der Waals surface area contributed by atoms with E-state index in [0.29, 0.717) is 25.2 Å². The summed E-state index contributed by atoms with van der Waals surface area (Å²) in [7, 11) is -1.74. The summed E-state index contributed by atoms with van der Waals surface area (Å²) in [6, 6.07) is 0. The molecule has 0 aliphatic heterocycles. The van der Waals surface area contributed by atoms with Crippen molar-refractivity contribution in [2.75, 3.05) is 20.1 Å². The Labute approximate surface area is 122 Å². The molecule has 2 N–H and O–H groups in total. The summed E-state index contributed by atoms with van der Waals surface area (Å²) in [5.74, 6) is 0.554. The highest BCUT2D eigenvalue weighted by molar-refractivity contribution is 7.89. The summed E-state index contributed by atoms with van der Waals surface area (Å²) in [5.41, 5.74) is 0.671. The van der Waals surface area contributed by atoms with Crippen molar-refractivity contribution in [3.05, 3.63) is 11.8 Å². The lowest BCUT2D eigenvalue weighted by atomic mass is 10.2. The third kappa shape index (κ3) is 4.29. The van der Waals surface area contributed by atoms with Crippen LogP contribution in [0.5, 0.6) is 0 Å². The zero-order valence-electron chi connectivity index (χ0n) is 13.0. The van der Waals surface area contributed by atoms with Crippen LogP contribution in [0, 0.1) is 11.8 Å². The number of H-pyrrole nitrogens is 1. The molecule has 0 unspecified atom stereocenters. The summed E-state index contributed by atoms with van der Waals surface area (Å²) in [5, 5.41) is 9.68. The molecule has 0 spiro atoms. The molecular weight excluding hydrogens is 276 g/mol. The smallest absolute Gasteiger partial charge is 0.260 e. The van der Waals surface area contributed by atoms with Gasteiger partial charge in [-0.3, -0.25) is 5.10 Å². The van der Waals surface area contributed by atoms with Gasteiger partial charge in [0.1, 0.15) is 0 Å². The highest BCUT2D eigenvalue weighted by Gasteiger charge is 2.29. The molecule has 7 heteroatoms. The molecule has 20 heavy (non-hydrogen) atoms. The number of hydrogen-bond donors (Lipinski definition) is 2. The molecule has 0 bridgehead atoms. The Kier molecular flexibility index (Phi) is 6.16. The molecule has 0 radical (unpaired) electrons. The van der Waals surface area contributed by atoms with Crippen LogP contribution >= 0.6 is 0 Å². The molecule has 0 aromatic carbocycles. The van der Waals surface area contributed by atoms with Crippen LogP contribution in [0.3, 0.4) is 0 Å². The predicted molar refractivity (Wildman–Crippen MR) is 79.8 cm³/mol. The first-order valence-corrected chi connectivity index (χ1v) is 8.40. The topological polar surface area (TPSA) is 78.1 Å². The van der Waals surface area contributed by atoms with Gasteiger partial charge in [-0.2, -0.15) is 9.40 Å². The van der Waals surface area contributed by atoms with Crippen molar-refractivity contribution >= 4 is 10.0 Å². The van der Waals surface area contributed by atoms with E-state index in [1.165, 1.54) is 0 Å². The van der Waals surface area contributed by atoms with Crippen LogP contribution in [0.1, 0.15) is 33.3 Å². The van der Waals surface area contributed by atoms with E-state index in [1.807, 2.05) is 27.7 Å². The maximum atomic E-state index is 12.8. The number of nitrogens with zero attached hydrogens (tertiary/aromatic N) is 2. The second-order valence-corrected chi connectivity index (χ2v) is 7.74. The van der Waals surface area contributed by atoms with Gasteiger partial charge >= 0.3 is 0 Å². The molecule has 0 amide bonds. The lowest BCUT2D eigenvalue weighted by Gasteiger charge is -2.25. The lowest BCUT2D eigenvalue weighted by Crippen LogP contribution is -2.37. The molecule has 1 aromatic rings. The van der Waals surface area contributed by atoms with Gasteiger partial charge in [0.05, 0.1) is 6.20 Å². The Hall–Kier alpha value is -0.920. The normalized spacial score (nSPS) is 12.8. The molecule has 1 heterocycles. The molecule has 1 aromatic heterocycles. The predicted octanol–water partition coefficient (Wildman–Crippen LogP) is 1.43. The van der Waals surface area contributed by atoms with E-state index < -0.39 is 10.0 Å². The Morgan fingerprint density at radius 1 is 1.25 bits per heavy atom. The molecule has 116 valence electrons. The summed E-state index contributed by atoms with van der Waals surface area (Å²) >= 11 is 0. The Bertz CT molecular complexity index is 498. The van der Waals surface area contributed by atoms with Crippen LogP contribution in [0.15, 0.2) is 11.2 Å². The second kappa shape index (κ2) is 7.19. The fourth-order valence-corrected chi connectivity index (χ4v) is 3.92. The molecule has 6 nitrogen and oxygen atoms in total. The standard InChI is InChI=1S/C13H26N4O2S/c1-10(2)8-17(9-11(3)4)20(18,19)13-12(6-14-5)7-15-16-13/h7,10-11,14H,6,8-9H2,1-5H3,(H,15,16). The van der Waals surface area contributed by atoms with E-state index in [-0.39, 0.29) is 16.9 Å². The third-order valence-corrected chi connectivity index (χ3v) is 4.63. The minimum absolute atomic E-state index is 0.202. The van der Waals surface area contributed by atoms with Crippen molar-refractivity contribution in [3.8, 4) is 0 Å². The fourth-order valence-electron chi connectivity index (χ4n) is 2.05. The molecule has 0 atom stereocenters. The van der Waals surface area contributed by atoms with Crippen molar-refractivity contribution < 1.29 is 8.42 Å². The van der Waals surface area contributed by atoms with Gasteiger partial charge < -0.3 is 5.32 Å². The minimum atomic E-state index is -3.53. The lowest BCUT2D eigenvalue weighted by molar-refractivity contribution is 0.332. The van der Waals surface area contributed by atoms with Gasteiger partial charge in [0, 0.05) is 25.2 Å². The molecule has 1 rings (SSSR count). The van der Waals surface area contributed by atoms with Crippen molar-refractivity contribution in [1.29, 1.82) is 0 Å². The van der Waals surface area contributed by atoms with Crippen molar-refractivity contribution in [2.24, 2.45) is 11.8 Å². The van der Waals surface area contributed by atoms with Crippen LogP contribution in [-0.2, 0) is 16.6 Å². The number of aromatic nitrogens is 2. The van der Waals surface area contributed by atoms with Gasteiger partial charge in [-0.25, -0.2) is 8.42 Å². The van der Waals surface area contributed by atoms with Crippen molar-refractivity contribution in [3.63, 3.8) is 0 Å². The number of sulfonamides is 1. The van der Waals surface area contributed by atoms with Crippen LogP contribution in [0.4, 0.5) is 0 Å². The van der Waals surface area contributed by atoms with Crippen LogP contribution in [0.25, 0.3) is 0 Å².